The number of fused-ring (bicyclic) bond motifs is 2. The number of rotatable bonds is 4. The average molecular weight is 350 g/mol. The largest absolute Gasteiger partial charge is 0.496 e. The van der Waals surface area contributed by atoms with Crippen molar-refractivity contribution in [2.75, 3.05) is 7.11 Å². The highest BCUT2D eigenvalue weighted by atomic mass is 16.5. The summed E-state index contributed by atoms with van der Waals surface area (Å²) < 4.78 is 13.1. The third-order valence-corrected chi connectivity index (χ3v) is 4.87. The Balaban J connectivity index is 1.65. The first-order valence-electron chi connectivity index (χ1n) is 9.04. The Kier molecular flexibility index (Phi) is 4.61. The summed E-state index contributed by atoms with van der Waals surface area (Å²) in [6, 6.07) is 13.3. The van der Waals surface area contributed by atoms with Gasteiger partial charge in [0.1, 0.15) is 23.9 Å². The monoisotopic (exact) mass is 350 g/mol. The lowest BCUT2D eigenvalue weighted by Crippen LogP contribution is -2.24. The summed E-state index contributed by atoms with van der Waals surface area (Å²) in [6.45, 7) is 1.14. The van der Waals surface area contributed by atoms with E-state index in [0.717, 1.165) is 54.9 Å². The summed E-state index contributed by atoms with van der Waals surface area (Å²) in [4.78, 5) is 17.6. The van der Waals surface area contributed by atoms with Crippen LogP contribution in [0.2, 0.25) is 0 Å². The molecule has 1 aromatic heterocycles. The number of benzene rings is 2. The minimum Gasteiger partial charge on any atom is -0.496 e. The number of aromatic nitrogens is 2. The fourth-order valence-corrected chi connectivity index (χ4v) is 3.47. The molecule has 0 aliphatic carbocycles. The second kappa shape index (κ2) is 7.20. The van der Waals surface area contributed by atoms with Crippen LogP contribution in [-0.4, -0.2) is 16.7 Å². The normalized spacial score (nSPS) is 13.9. The number of hydrogen-bond donors (Lipinski definition) is 0. The van der Waals surface area contributed by atoms with Gasteiger partial charge >= 0.3 is 0 Å². The molecule has 5 heteroatoms. The number of para-hydroxylation sites is 1. The minimum atomic E-state index is 0.0367. The Morgan fingerprint density at radius 1 is 1.12 bits per heavy atom. The lowest BCUT2D eigenvalue weighted by atomic mass is 10.2. The van der Waals surface area contributed by atoms with Gasteiger partial charge in [0, 0.05) is 18.5 Å². The summed E-state index contributed by atoms with van der Waals surface area (Å²) in [5, 5.41) is 0.619. The van der Waals surface area contributed by atoms with Crippen LogP contribution < -0.4 is 15.0 Å². The van der Waals surface area contributed by atoms with Crippen LogP contribution in [0.25, 0.3) is 10.9 Å². The van der Waals surface area contributed by atoms with Crippen LogP contribution in [0.4, 0.5) is 0 Å². The number of hydrogen-bond acceptors (Lipinski definition) is 4. The quantitative estimate of drug-likeness (QED) is 0.720. The fourth-order valence-electron chi connectivity index (χ4n) is 3.47. The molecular weight excluding hydrogens is 328 g/mol. The van der Waals surface area contributed by atoms with Crippen molar-refractivity contribution in [1.82, 2.24) is 9.55 Å². The SMILES string of the molecule is COc1ccccc1COc1ccc2nc3n(c(=O)c2c1)CCCCC3. The summed E-state index contributed by atoms with van der Waals surface area (Å²) in [7, 11) is 1.65. The predicted molar refractivity (Wildman–Crippen MR) is 101 cm³/mol. The van der Waals surface area contributed by atoms with Crippen molar-refractivity contribution >= 4 is 10.9 Å². The van der Waals surface area contributed by atoms with Gasteiger partial charge in [0.2, 0.25) is 0 Å². The van der Waals surface area contributed by atoms with Crippen molar-refractivity contribution in [3.05, 3.63) is 64.2 Å². The second-order valence-corrected chi connectivity index (χ2v) is 6.57. The molecule has 0 atom stereocenters. The van der Waals surface area contributed by atoms with E-state index in [1.54, 1.807) is 13.2 Å². The number of nitrogens with zero attached hydrogens (tertiary/aromatic N) is 2. The Labute approximate surface area is 152 Å². The van der Waals surface area contributed by atoms with E-state index in [9.17, 15) is 4.79 Å². The summed E-state index contributed by atoms with van der Waals surface area (Å²) >= 11 is 0. The van der Waals surface area contributed by atoms with Gasteiger partial charge in [0.15, 0.2) is 0 Å². The third-order valence-electron chi connectivity index (χ3n) is 4.87. The summed E-state index contributed by atoms with van der Waals surface area (Å²) in [5.41, 5.74) is 1.74. The first-order chi connectivity index (χ1) is 12.8. The molecule has 2 heterocycles. The molecule has 134 valence electrons. The smallest absolute Gasteiger partial charge is 0.261 e. The van der Waals surface area contributed by atoms with Crippen LogP contribution in [0, 0.1) is 0 Å². The summed E-state index contributed by atoms with van der Waals surface area (Å²) in [6.07, 6.45) is 4.14. The van der Waals surface area contributed by atoms with E-state index in [1.807, 2.05) is 41.0 Å². The highest BCUT2D eigenvalue weighted by Crippen LogP contribution is 2.23. The molecule has 1 aliphatic heterocycles. The van der Waals surface area contributed by atoms with Gasteiger partial charge in [-0.05, 0) is 37.1 Å². The molecule has 0 fully saturated rings. The van der Waals surface area contributed by atoms with Crippen molar-refractivity contribution in [3.63, 3.8) is 0 Å². The lowest BCUT2D eigenvalue weighted by molar-refractivity contribution is 0.297. The molecule has 0 unspecified atom stereocenters. The van der Waals surface area contributed by atoms with E-state index in [-0.39, 0.29) is 5.56 Å². The maximum atomic E-state index is 12.9. The van der Waals surface area contributed by atoms with E-state index in [2.05, 4.69) is 0 Å². The van der Waals surface area contributed by atoms with Gasteiger partial charge in [-0.1, -0.05) is 24.6 Å². The average Bonchev–Trinajstić information content (AvgIpc) is 2.92. The van der Waals surface area contributed by atoms with Crippen LogP contribution in [-0.2, 0) is 19.6 Å². The van der Waals surface area contributed by atoms with Crippen LogP contribution in [0.3, 0.4) is 0 Å². The van der Waals surface area contributed by atoms with Gasteiger partial charge in [-0.2, -0.15) is 0 Å². The van der Waals surface area contributed by atoms with Crippen molar-refractivity contribution < 1.29 is 9.47 Å². The standard InChI is InChI=1S/C21H22N2O3/c1-25-19-8-5-4-7-15(19)14-26-16-10-11-18-17(13-16)21(24)23-12-6-2-3-9-20(23)22-18/h4-5,7-8,10-11,13H,2-3,6,9,12,14H2,1H3. The summed E-state index contributed by atoms with van der Waals surface area (Å²) in [5.74, 6) is 2.36. The number of aryl methyl sites for hydroxylation is 1. The van der Waals surface area contributed by atoms with E-state index in [4.69, 9.17) is 14.5 Å². The highest BCUT2D eigenvalue weighted by molar-refractivity contribution is 5.79. The first-order valence-corrected chi connectivity index (χ1v) is 9.04. The first kappa shape index (κ1) is 16.6. The molecule has 0 N–H and O–H groups in total. The van der Waals surface area contributed by atoms with E-state index >= 15 is 0 Å². The molecule has 4 rings (SSSR count). The number of ether oxygens (including phenoxy) is 2. The molecule has 0 saturated carbocycles. The van der Waals surface area contributed by atoms with Gasteiger partial charge in [0.05, 0.1) is 18.0 Å². The zero-order chi connectivity index (χ0) is 17.9. The molecule has 1 aliphatic rings. The molecule has 0 bridgehead atoms. The van der Waals surface area contributed by atoms with Crippen LogP contribution in [0.5, 0.6) is 11.5 Å². The van der Waals surface area contributed by atoms with Crippen molar-refractivity contribution in [3.8, 4) is 11.5 Å². The van der Waals surface area contributed by atoms with E-state index < -0.39 is 0 Å². The maximum Gasteiger partial charge on any atom is 0.261 e. The molecule has 0 amide bonds. The molecule has 26 heavy (non-hydrogen) atoms. The Bertz CT molecular complexity index is 994. The highest BCUT2D eigenvalue weighted by Gasteiger charge is 2.14. The molecular formula is C21H22N2O3. The van der Waals surface area contributed by atoms with Crippen LogP contribution >= 0.6 is 0 Å². The van der Waals surface area contributed by atoms with Crippen molar-refractivity contribution in [1.29, 1.82) is 0 Å². The van der Waals surface area contributed by atoms with Gasteiger partial charge in [-0.25, -0.2) is 4.98 Å². The van der Waals surface area contributed by atoms with Crippen LogP contribution in [0.1, 0.15) is 30.7 Å². The molecule has 0 radical (unpaired) electrons. The lowest BCUT2D eigenvalue weighted by Gasteiger charge is -2.12. The van der Waals surface area contributed by atoms with Gasteiger partial charge in [0.25, 0.3) is 5.56 Å². The topological polar surface area (TPSA) is 53.4 Å². The predicted octanol–water partition coefficient (Wildman–Crippen LogP) is 3.71. The Morgan fingerprint density at radius 3 is 2.88 bits per heavy atom. The van der Waals surface area contributed by atoms with E-state index in [1.165, 1.54) is 0 Å². The molecule has 0 saturated heterocycles. The zero-order valence-corrected chi connectivity index (χ0v) is 14.9. The van der Waals surface area contributed by atoms with Gasteiger partial charge in [-0.15, -0.1) is 0 Å². The fraction of sp³-hybridized carbons (Fsp3) is 0.333. The molecule has 0 spiro atoms. The van der Waals surface area contributed by atoms with Crippen molar-refractivity contribution in [2.24, 2.45) is 0 Å². The molecule has 2 aromatic carbocycles. The second-order valence-electron chi connectivity index (χ2n) is 6.57. The zero-order valence-electron chi connectivity index (χ0n) is 14.9. The Morgan fingerprint density at radius 2 is 2.00 bits per heavy atom. The third kappa shape index (κ3) is 3.17. The maximum absolute atomic E-state index is 12.9. The number of methoxy groups -OCH3 is 1. The molecule has 3 aromatic rings. The van der Waals surface area contributed by atoms with Crippen molar-refractivity contribution in [2.45, 2.75) is 38.8 Å². The molecule has 5 nitrogen and oxygen atoms in total. The minimum absolute atomic E-state index is 0.0367. The van der Waals surface area contributed by atoms with E-state index in [0.29, 0.717) is 17.7 Å². The Hall–Kier alpha value is -2.82. The van der Waals surface area contributed by atoms with Gasteiger partial charge in [-0.3, -0.25) is 9.36 Å². The van der Waals surface area contributed by atoms with Gasteiger partial charge < -0.3 is 9.47 Å². The van der Waals surface area contributed by atoms with Crippen LogP contribution in [0.15, 0.2) is 47.3 Å².